The van der Waals surface area contributed by atoms with Crippen molar-refractivity contribution in [2.75, 3.05) is 12.0 Å². The Morgan fingerprint density at radius 3 is 2.90 bits per heavy atom. The van der Waals surface area contributed by atoms with Crippen LogP contribution in [0.4, 0.5) is 5.69 Å². The van der Waals surface area contributed by atoms with Gasteiger partial charge < -0.3 is 9.64 Å². The number of carbonyl (C=O) groups is 1. The van der Waals surface area contributed by atoms with Crippen molar-refractivity contribution in [2.45, 2.75) is 13.0 Å². The van der Waals surface area contributed by atoms with Gasteiger partial charge >= 0.3 is 0 Å². The summed E-state index contributed by atoms with van der Waals surface area (Å²) in [4.78, 5) is 14.0. The maximum absolute atomic E-state index is 12.2. The summed E-state index contributed by atoms with van der Waals surface area (Å²) in [7, 11) is 1.65. The zero-order valence-electron chi connectivity index (χ0n) is 11.1. The third kappa shape index (κ3) is 2.43. The highest BCUT2D eigenvalue weighted by Gasteiger charge is 2.27. The number of halogens is 1. The molecule has 0 unspecified atom stereocenters. The molecule has 1 aliphatic heterocycles. The van der Waals surface area contributed by atoms with Gasteiger partial charge in [-0.25, -0.2) is 0 Å². The lowest BCUT2D eigenvalue weighted by Crippen LogP contribution is -2.25. The van der Waals surface area contributed by atoms with Crippen molar-refractivity contribution >= 4 is 27.5 Å². The fraction of sp³-hybridized carbons (Fsp3) is 0.188. The van der Waals surface area contributed by atoms with E-state index in [1.54, 1.807) is 7.11 Å². The first kappa shape index (κ1) is 13.2. The van der Waals surface area contributed by atoms with Crippen LogP contribution >= 0.6 is 15.9 Å². The Morgan fingerprint density at radius 2 is 2.10 bits per heavy atom. The van der Waals surface area contributed by atoms with Crippen LogP contribution in [0.2, 0.25) is 0 Å². The number of benzene rings is 2. The summed E-state index contributed by atoms with van der Waals surface area (Å²) in [6, 6.07) is 13.8. The Labute approximate surface area is 126 Å². The van der Waals surface area contributed by atoms with Crippen LogP contribution in [0.15, 0.2) is 46.9 Å². The minimum Gasteiger partial charge on any atom is -0.497 e. The second-order valence-electron chi connectivity index (χ2n) is 4.78. The number of hydrogen-bond donors (Lipinski definition) is 0. The first-order valence-electron chi connectivity index (χ1n) is 6.39. The number of fused-ring (bicyclic) bond motifs is 1. The third-order valence-electron chi connectivity index (χ3n) is 3.45. The third-order valence-corrected chi connectivity index (χ3v) is 3.94. The Morgan fingerprint density at radius 1 is 1.25 bits per heavy atom. The van der Waals surface area contributed by atoms with E-state index in [0.717, 1.165) is 27.0 Å². The lowest BCUT2D eigenvalue weighted by molar-refractivity contribution is -0.117. The number of anilines is 1. The zero-order chi connectivity index (χ0) is 14.1. The molecule has 20 heavy (non-hydrogen) atoms. The molecule has 0 spiro atoms. The molecule has 0 saturated heterocycles. The maximum atomic E-state index is 12.2. The smallest absolute Gasteiger partial charge is 0.231 e. The van der Waals surface area contributed by atoms with Crippen LogP contribution < -0.4 is 9.64 Å². The van der Waals surface area contributed by atoms with E-state index < -0.39 is 0 Å². The number of amides is 1. The molecule has 1 amide bonds. The molecule has 4 heteroatoms. The van der Waals surface area contributed by atoms with Gasteiger partial charge in [-0.1, -0.05) is 28.1 Å². The van der Waals surface area contributed by atoms with Gasteiger partial charge in [0, 0.05) is 10.2 Å². The molecule has 0 radical (unpaired) electrons. The van der Waals surface area contributed by atoms with Gasteiger partial charge in [-0.2, -0.15) is 0 Å². The van der Waals surface area contributed by atoms with Crippen LogP contribution in [0.1, 0.15) is 11.1 Å². The van der Waals surface area contributed by atoms with Crippen LogP contribution in [0.3, 0.4) is 0 Å². The summed E-state index contributed by atoms with van der Waals surface area (Å²) in [5.41, 5.74) is 3.14. The lowest BCUT2D eigenvalue weighted by atomic mass is 10.1. The fourth-order valence-electron chi connectivity index (χ4n) is 2.48. The molecular weight excluding hydrogens is 318 g/mol. The van der Waals surface area contributed by atoms with Gasteiger partial charge in [0.2, 0.25) is 5.91 Å². The van der Waals surface area contributed by atoms with Gasteiger partial charge in [0.15, 0.2) is 0 Å². The van der Waals surface area contributed by atoms with Crippen LogP contribution in [0, 0.1) is 0 Å². The molecular formula is C16H14BrNO2. The van der Waals surface area contributed by atoms with Gasteiger partial charge in [-0.05, 0) is 41.5 Å². The van der Waals surface area contributed by atoms with Crippen molar-refractivity contribution in [3.05, 3.63) is 58.1 Å². The van der Waals surface area contributed by atoms with E-state index in [4.69, 9.17) is 4.74 Å². The molecule has 2 aromatic carbocycles. The average Bonchev–Trinajstić information content (AvgIpc) is 2.74. The fourth-order valence-corrected chi connectivity index (χ4v) is 2.89. The van der Waals surface area contributed by atoms with Crippen molar-refractivity contribution in [3.63, 3.8) is 0 Å². The molecule has 2 aromatic rings. The number of ether oxygens (including phenoxy) is 1. The van der Waals surface area contributed by atoms with Gasteiger partial charge in [-0.15, -0.1) is 0 Å². The van der Waals surface area contributed by atoms with E-state index in [1.165, 1.54) is 0 Å². The predicted octanol–water partition coefficient (Wildman–Crippen LogP) is 3.55. The number of carbonyl (C=O) groups excluding carboxylic acids is 1. The first-order chi connectivity index (χ1) is 9.67. The Balaban J connectivity index is 1.90. The van der Waals surface area contributed by atoms with Gasteiger partial charge in [0.05, 0.1) is 20.1 Å². The molecule has 0 saturated carbocycles. The standard InChI is InChI=1S/C16H14BrNO2/c1-20-14-4-2-3-11(7-14)10-18-15-6-5-13(17)8-12(15)9-16(18)19/h2-8H,9-10H2,1H3. The summed E-state index contributed by atoms with van der Waals surface area (Å²) < 4.78 is 6.23. The van der Waals surface area contributed by atoms with Crippen LogP contribution in [0.5, 0.6) is 5.75 Å². The van der Waals surface area contributed by atoms with Gasteiger partial charge in [0.25, 0.3) is 0 Å². The first-order valence-corrected chi connectivity index (χ1v) is 7.18. The second kappa shape index (κ2) is 5.29. The van der Waals surface area contributed by atoms with Gasteiger partial charge in [0.1, 0.15) is 5.75 Å². The molecule has 0 N–H and O–H groups in total. The Kier molecular flexibility index (Phi) is 3.49. The highest BCUT2D eigenvalue weighted by molar-refractivity contribution is 9.10. The lowest BCUT2D eigenvalue weighted by Gasteiger charge is -2.18. The summed E-state index contributed by atoms with van der Waals surface area (Å²) in [6.45, 7) is 0.574. The highest BCUT2D eigenvalue weighted by atomic mass is 79.9. The SMILES string of the molecule is COc1cccc(CN2C(=O)Cc3cc(Br)ccc32)c1. The topological polar surface area (TPSA) is 29.5 Å². The summed E-state index contributed by atoms with van der Waals surface area (Å²) in [5.74, 6) is 0.950. The van der Waals surface area contributed by atoms with Crippen LogP contribution in [-0.2, 0) is 17.8 Å². The molecule has 1 aliphatic rings. The molecule has 3 rings (SSSR count). The number of methoxy groups -OCH3 is 1. The van der Waals surface area contributed by atoms with E-state index >= 15 is 0 Å². The molecule has 0 bridgehead atoms. The van der Waals surface area contributed by atoms with Crippen molar-refractivity contribution in [1.29, 1.82) is 0 Å². The van der Waals surface area contributed by atoms with Crippen molar-refractivity contribution in [2.24, 2.45) is 0 Å². The van der Waals surface area contributed by atoms with Crippen molar-refractivity contribution < 1.29 is 9.53 Å². The van der Waals surface area contributed by atoms with E-state index in [2.05, 4.69) is 15.9 Å². The van der Waals surface area contributed by atoms with E-state index in [-0.39, 0.29) is 5.91 Å². The second-order valence-corrected chi connectivity index (χ2v) is 5.70. The summed E-state index contributed by atoms with van der Waals surface area (Å²) in [5, 5.41) is 0. The highest BCUT2D eigenvalue weighted by Crippen LogP contribution is 2.32. The molecule has 1 heterocycles. The van der Waals surface area contributed by atoms with E-state index in [9.17, 15) is 4.79 Å². The molecule has 0 fully saturated rings. The van der Waals surface area contributed by atoms with Crippen molar-refractivity contribution in [1.82, 2.24) is 0 Å². The average molecular weight is 332 g/mol. The largest absolute Gasteiger partial charge is 0.497 e. The molecule has 0 aliphatic carbocycles. The number of nitrogens with zero attached hydrogens (tertiary/aromatic N) is 1. The van der Waals surface area contributed by atoms with Crippen LogP contribution in [0.25, 0.3) is 0 Å². The monoisotopic (exact) mass is 331 g/mol. The molecule has 0 atom stereocenters. The normalized spacial score (nSPS) is 13.5. The maximum Gasteiger partial charge on any atom is 0.231 e. The predicted molar refractivity (Wildman–Crippen MR) is 82.0 cm³/mol. The quantitative estimate of drug-likeness (QED) is 0.860. The Hall–Kier alpha value is -1.81. The zero-order valence-corrected chi connectivity index (χ0v) is 12.7. The number of rotatable bonds is 3. The summed E-state index contributed by atoms with van der Waals surface area (Å²) in [6.07, 6.45) is 0.471. The molecule has 3 nitrogen and oxygen atoms in total. The van der Waals surface area contributed by atoms with Gasteiger partial charge in [-0.3, -0.25) is 4.79 Å². The molecule has 0 aromatic heterocycles. The minimum absolute atomic E-state index is 0.140. The number of hydrogen-bond acceptors (Lipinski definition) is 2. The molecule has 102 valence electrons. The van der Waals surface area contributed by atoms with E-state index in [0.29, 0.717) is 13.0 Å². The van der Waals surface area contributed by atoms with Crippen molar-refractivity contribution in [3.8, 4) is 5.75 Å². The summed E-state index contributed by atoms with van der Waals surface area (Å²) >= 11 is 3.44. The Bertz CT molecular complexity index is 669. The minimum atomic E-state index is 0.140. The van der Waals surface area contributed by atoms with E-state index in [1.807, 2.05) is 47.4 Å². The van der Waals surface area contributed by atoms with Crippen LogP contribution in [-0.4, -0.2) is 13.0 Å².